The Labute approximate surface area is 175 Å². The summed E-state index contributed by atoms with van der Waals surface area (Å²) < 4.78 is 1.97. The summed E-state index contributed by atoms with van der Waals surface area (Å²) in [6, 6.07) is 17.1. The number of aryl methyl sites for hydroxylation is 1. The molecule has 1 N–H and O–H groups in total. The van der Waals surface area contributed by atoms with E-state index in [-0.39, 0.29) is 0 Å². The highest BCUT2D eigenvalue weighted by Gasteiger charge is 2.18. The first-order valence-corrected chi connectivity index (χ1v) is 10.1. The quantitative estimate of drug-likeness (QED) is 0.630. The number of aromatic carboxylic acids is 1. The number of allylic oxidation sites excluding steroid dienone is 2. The van der Waals surface area contributed by atoms with Crippen molar-refractivity contribution in [1.82, 2.24) is 14.8 Å². The van der Waals surface area contributed by atoms with Crippen LogP contribution in [0.2, 0.25) is 0 Å². The third kappa shape index (κ3) is 4.17. The highest BCUT2D eigenvalue weighted by molar-refractivity contribution is 5.94. The molecule has 0 amide bonds. The predicted octanol–water partition coefficient (Wildman–Crippen LogP) is 4.56. The molecule has 2 aromatic carbocycles. The molecular weight excluding hydrogens is 376 g/mol. The second kappa shape index (κ2) is 8.78. The van der Waals surface area contributed by atoms with Gasteiger partial charge in [-0.1, -0.05) is 55.5 Å². The lowest BCUT2D eigenvalue weighted by Crippen LogP contribution is -2.25. The number of hydrogen-bond acceptors (Lipinski definition) is 4. The molecule has 6 nitrogen and oxygen atoms in total. The van der Waals surface area contributed by atoms with Crippen LogP contribution in [0.4, 0.5) is 5.69 Å². The van der Waals surface area contributed by atoms with E-state index < -0.39 is 5.97 Å². The Bertz CT molecular complexity index is 1100. The number of para-hydroxylation sites is 1. The van der Waals surface area contributed by atoms with Gasteiger partial charge in [0.05, 0.1) is 17.8 Å². The van der Waals surface area contributed by atoms with Crippen molar-refractivity contribution in [3.05, 3.63) is 89.9 Å². The second-order valence-electron chi connectivity index (χ2n) is 7.24. The average Bonchev–Trinajstić information content (AvgIpc) is 3.17. The lowest BCUT2D eigenvalue weighted by atomic mass is 10.1. The highest BCUT2D eigenvalue weighted by Crippen LogP contribution is 2.25. The minimum absolute atomic E-state index is 0.294. The first-order valence-electron chi connectivity index (χ1n) is 10.1. The lowest BCUT2D eigenvalue weighted by Gasteiger charge is -2.26. The molecule has 0 saturated heterocycles. The molecule has 0 aliphatic carbocycles. The summed E-state index contributed by atoms with van der Waals surface area (Å²) >= 11 is 0. The van der Waals surface area contributed by atoms with E-state index >= 15 is 0 Å². The van der Waals surface area contributed by atoms with Gasteiger partial charge in [0, 0.05) is 24.7 Å². The van der Waals surface area contributed by atoms with Crippen LogP contribution in [0.15, 0.2) is 78.5 Å². The van der Waals surface area contributed by atoms with Crippen LogP contribution in [0.1, 0.15) is 29.5 Å². The summed E-state index contributed by atoms with van der Waals surface area (Å²) in [4.78, 5) is 18.3. The van der Waals surface area contributed by atoms with Gasteiger partial charge in [-0.05, 0) is 30.2 Å². The van der Waals surface area contributed by atoms with Crippen LogP contribution in [0, 0.1) is 0 Å². The Morgan fingerprint density at radius 2 is 1.87 bits per heavy atom. The van der Waals surface area contributed by atoms with Crippen LogP contribution >= 0.6 is 0 Å². The van der Waals surface area contributed by atoms with Crippen molar-refractivity contribution < 1.29 is 9.90 Å². The van der Waals surface area contributed by atoms with Crippen LogP contribution in [0.25, 0.3) is 11.4 Å². The summed E-state index contributed by atoms with van der Waals surface area (Å²) in [5.41, 5.74) is 3.12. The van der Waals surface area contributed by atoms with Gasteiger partial charge in [-0.25, -0.2) is 14.5 Å². The molecule has 6 heteroatoms. The molecule has 30 heavy (non-hydrogen) atoms. The maximum absolute atomic E-state index is 11.6. The van der Waals surface area contributed by atoms with Crippen LogP contribution < -0.4 is 4.90 Å². The molecule has 1 aliphatic heterocycles. The Hall–Kier alpha value is -3.67. The normalized spacial score (nSPS) is 13.4. The molecule has 1 aromatic heterocycles. The molecule has 0 saturated carbocycles. The molecule has 4 rings (SSSR count). The summed E-state index contributed by atoms with van der Waals surface area (Å²) in [5.74, 6) is 0.771. The van der Waals surface area contributed by atoms with Gasteiger partial charge in [0.1, 0.15) is 5.82 Å². The SMILES string of the molecule is CCCc1nc(-c2ccccc2)nn1CC1=CC=CN(c2ccccc2C(=O)O)C1. The molecule has 0 fully saturated rings. The van der Waals surface area contributed by atoms with E-state index in [4.69, 9.17) is 10.1 Å². The highest BCUT2D eigenvalue weighted by atomic mass is 16.4. The molecule has 2 heterocycles. The minimum atomic E-state index is -0.927. The maximum Gasteiger partial charge on any atom is 0.337 e. The standard InChI is InChI=1S/C24H24N4O2/c1-2-9-22-25-23(19-11-4-3-5-12-19)26-28(22)17-18-10-8-15-27(16-18)21-14-7-6-13-20(21)24(29)30/h3-8,10-15H,2,9,16-17H2,1H3,(H,29,30). The van der Waals surface area contributed by atoms with Crippen molar-refractivity contribution in [3.63, 3.8) is 0 Å². The number of nitrogens with zero attached hydrogens (tertiary/aromatic N) is 4. The first kappa shape index (κ1) is 19.6. The summed E-state index contributed by atoms with van der Waals surface area (Å²) in [6.07, 6.45) is 7.78. The summed E-state index contributed by atoms with van der Waals surface area (Å²) in [7, 11) is 0. The number of aromatic nitrogens is 3. The Morgan fingerprint density at radius 1 is 1.10 bits per heavy atom. The van der Waals surface area contributed by atoms with Crippen LogP contribution in [0.3, 0.4) is 0 Å². The van der Waals surface area contributed by atoms with Gasteiger partial charge < -0.3 is 10.0 Å². The van der Waals surface area contributed by atoms with Crippen molar-refractivity contribution in [2.45, 2.75) is 26.3 Å². The second-order valence-corrected chi connectivity index (χ2v) is 7.24. The van der Waals surface area contributed by atoms with Gasteiger partial charge in [-0.15, -0.1) is 0 Å². The number of carboxylic acids is 1. The predicted molar refractivity (Wildman–Crippen MR) is 117 cm³/mol. The van der Waals surface area contributed by atoms with Gasteiger partial charge in [-0.3, -0.25) is 0 Å². The van der Waals surface area contributed by atoms with Crippen LogP contribution in [-0.4, -0.2) is 32.4 Å². The van der Waals surface area contributed by atoms with Crippen molar-refractivity contribution >= 4 is 11.7 Å². The van der Waals surface area contributed by atoms with Gasteiger partial charge in [0.2, 0.25) is 0 Å². The molecule has 0 bridgehead atoms. The van der Waals surface area contributed by atoms with Gasteiger partial charge in [0.15, 0.2) is 5.82 Å². The van der Waals surface area contributed by atoms with Gasteiger partial charge in [-0.2, -0.15) is 5.10 Å². The summed E-state index contributed by atoms with van der Waals surface area (Å²) in [5, 5.41) is 14.3. The fourth-order valence-corrected chi connectivity index (χ4v) is 3.59. The van der Waals surface area contributed by atoms with Gasteiger partial charge in [0.25, 0.3) is 0 Å². The average molecular weight is 400 g/mol. The molecule has 0 unspecified atom stereocenters. The molecule has 3 aromatic rings. The topological polar surface area (TPSA) is 71.2 Å². The number of rotatable bonds is 7. The van der Waals surface area contributed by atoms with E-state index in [1.807, 2.05) is 64.3 Å². The minimum Gasteiger partial charge on any atom is -0.478 e. The first-order chi connectivity index (χ1) is 14.7. The third-order valence-electron chi connectivity index (χ3n) is 5.02. The van der Waals surface area contributed by atoms with E-state index in [2.05, 4.69) is 13.0 Å². The van der Waals surface area contributed by atoms with Crippen molar-refractivity contribution in [2.24, 2.45) is 0 Å². The zero-order valence-corrected chi connectivity index (χ0v) is 16.9. The number of benzene rings is 2. The van der Waals surface area contributed by atoms with E-state index in [0.717, 1.165) is 35.6 Å². The monoisotopic (exact) mass is 400 g/mol. The molecule has 0 atom stereocenters. The Morgan fingerprint density at radius 3 is 2.63 bits per heavy atom. The van der Waals surface area contributed by atoms with E-state index in [9.17, 15) is 9.90 Å². The number of carbonyl (C=O) groups is 1. The molecule has 0 radical (unpaired) electrons. The van der Waals surface area contributed by atoms with Crippen molar-refractivity contribution in [3.8, 4) is 11.4 Å². The molecule has 1 aliphatic rings. The van der Waals surface area contributed by atoms with E-state index in [1.54, 1.807) is 12.1 Å². The molecule has 0 spiro atoms. The molecule has 152 valence electrons. The fraction of sp³-hybridized carbons (Fsp3) is 0.208. The lowest BCUT2D eigenvalue weighted by molar-refractivity contribution is 0.0697. The van der Waals surface area contributed by atoms with E-state index in [1.165, 1.54) is 0 Å². The largest absolute Gasteiger partial charge is 0.478 e. The number of hydrogen-bond donors (Lipinski definition) is 1. The van der Waals surface area contributed by atoms with Crippen molar-refractivity contribution in [1.29, 1.82) is 0 Å². The zero-order chi connectivity index (χ0) is 20.9. The number of carboxylic acid groups (broad SMARTS) is 1. The Balaban J connectivity index is 1.58. The smallest absolute Gasteiger partial charge is 0.337 e. The van der Waals surface area contributed by atoms with Crippen molar-refractivity contribution in [2.75, 3.05) is 11.4 Å². The maximum atomic E-state index is 11.6. The Kier molecular flexibility index (Phi) is 5.75. The third-order valence-corrected chi connectivity index (χ3v) is 5.02. The fourth-order valence-electron chi connectivity index (χ4n) is 3.59. The van der Waals surface area contributed by atoms with Crippen LogP contribution in [0.5, 0.6) is 0 Å². The molecular formula is C24H24N4O2. The van der Waals surface area contributed by atoms with Crippen LogP contribution in [-0.2, 0) is 13.0 Å². The number of anilines is 1. The zero-order valence-electron chi connectivity index (χ0n) is 16.9. The summed E-state index contributed by atoms with van der Waals surface area (Å²) in [6.45, 7) is 3.35. The van der Waals surface area contributed by atoms with Gasteiger partial charge >= 0.3 is 5.97 Å². The van der Waals surface area contributed by atoms with E-state index in [0.29, 0.717) is 24.3 Å².